The molecule has 3 N–H and O–H groups in total. The fraction of sp³-hybridized carbons (Fsp3) is 0. The molecule has 0 fully saturated rings. The van der Waals surface area contributed by atoms with E-state index in [2.05, 4.69) is 21.8 Å². The largest absolute Gasteiger partial charge is 0.388 e. The van der Waals surface area contributed by atoms with E-state index in [-0.39, 0.29) is 11.5 Å². The monoisotopic (exact) mass is 239 g/mol. The van der Waals surface area contributed by atoms with Crippen LogP contribution < -0.4 is 10.7 Å². The topological polar surface area (TPSA) is 76.8 Å². The molecule has 0 aliphatic rings. The molecule has 0 saturated heterocycles. The Balaban J connectivity index is 2.36. The summed E-state index contributed by atoms with van der Waals surface area (Å²) in [6.45, 7) is 0. The van der Waals surface area contributed by atoms with Crippen LogP contribution in [-0.4, -0.2) is 4.98 Å². The quantitative estimate of drug-likeness (QED) is 0.693. The molecule has 0 aliphatic heterocycles. The van der Waals surface area contributed by atoms with Gasteiger partial charge in [-0.05, 0) is 24.1 Å². The molecule has 0 radical (unpaired) electrons. The minimum atomic E-state index is -0.493. The van der Waals surface area contributed by atoms with Crippen LogP contribution in [-0.2, 0) is 0 Å². The Morgan fingerprint density at radius 2 is 2.00 bits per heavy atom. The molecule has 4 nitrogen and oxygen atoms in total. The zero-order valence-corrected chi connectivity index (χ0v) is 9.24. The Morgan fingerprint density at radius 1 is 1.22 bits per heavy atom. The van der Waals surface area contributed by atoms with Crippen LogP contribution in [0.5, 0.6) is 0 Å². The molecule has 0 amide bonds. The van der Waals surface area contributed by atoms with Crippen LogP contribution in [0.3, 0.4) is 0 Å². The number of hydrogen-bond acceptors (Lipinski definition) is 3. The first-order valence-corrected chi connectivity index (χ1v) is 5.04. The van der Waals surface area contributed by atoms with Gasteiger partial charge in [-0.15, -0.1) is 0 Å². The molecule has 2 rings (SSSR count). The number of aromatic nitrogens is 2. The standard InChI is InChI=1S/C13H7FN4/c14-11-6-9(5-10(7-11)8-15)1-2-12-3-4-17-13(16)18-12/h3-7H,(H2,16,17,18)/p+1. The Morgan fingerprint density at radius 3 is 2.72 bits per heavy atom. The third kappa shape index (κ3) is 2.81. The number of benzene rings is 1. The normalized spacial score (nSPS) is 9.11. The molecule has 0 unspecified atom stereocenters. The van der Waals surface area contributed by atoms with Crippen molar-refractivity contribution in [1.29, 1.82) is 5.26 Å². The van der Waals surface area contributed by atoms with Gasteiger partial charge in [0.25, 0.3) is 0 Å². The number of hydrogen-bond donors (Lipinski definition) is 1. The van der Waals surface area contributed by atoms with Crippen LogP contribution in [0.2, 0.25) is 0 Å². The maximum Gasteiger partial charge on any atom is 0.388 e. The van der Waals surface area contributed by atoms with Gasteiger partial charge in [0.2, 0.25) is 0 Å². The second-order valence-electron chi connectivity index (χ2n) is 3.45. The predicted octanol–water partition coefficient (Wildman–Crippen LogP) is 0.888. The summed E-state index contributed by atoms with van der Waals surface area (Å²) in [7, 11) is 0. The van der Waals surface area contributed by atoms with Crippen LogP contribution in [0.25, 0.3) is 0 Å². The van der Waals surface area contributed by atoms with E-state index in [1.165, 1.54) is 12.1 Å². The van der Waals surface area contributed by atoms with Crippen LogP contribution >= 0.6 is 0 Å². The van der Waals surface area contributed by atoms with Crippen molar-refractivity contribution < 1.29 is 9.37 Å². The lowest BCUT2D eigenvalue weighted by Gasteiger charge is -1.92. The zero-order chi connectivity index (χ0) is 13.0. The number of nitrogens with two attached hydrogens (primary N) is 1. The number of nitrogens with one attached hydrogen (secondary N) is 1. The van der Waals surface area contributed by atoms with Gasteiger partial charge in [-0.3, -0.25) is 5.73 Å². The van der Waals surface area contributed by atoms with Crippen molar-refractivity contribution >= 4 is 5.95 Å². The first kappa shape index (κ1) is 11.6. The highest BCUT2D eigenvalue weighted by molar-refractivity contribution is 5.44. The van der Waals surface area contributed by atoms with E-state index in [1.807, 2.05) is 6.07 Å². The second-order valence-corrected chi connectivity index (χ2v) is 3.45. The number of nitriles is 1. The molecule has 0 aliphatic carbocycles. The molecule has 1 heterocycles. The van der Waals surface area contributed by atoms with Gasteiger partial charge >= 0.3 is 5.95 Å². The average Bonchev–Trinajstić information content (AvgIpc) is 2.36. The Hall–Kier alpha value is -2.92. The molecule has 0 spiro atoms. The lowest BCUT2D eigenvalue weighted by atomic mass is 10.1. The first-order chi connectivity index (χ1) is 8.67. The summed E-state index contributed by atoms with van der Waals surface area (Å²) < 4.78 is 13.1. The molecule has 5 heteroatoms. The summed E-state index contributed by atoms with van der Waals surface area (Å²) >= 11 is 0. The van der Waals surface area contributed by atoms with Crippen LogP contribution in [0.1, 0.15) is 16.8 Å². The maximum atomic E-state index is 13.1. The smallest absolute Gasteiger partial charge is 0.287 e. The van der Waals surface area contributed by atoms with Crippen molar-refractivity contribution in [2.24, 2.45) is 0 Å². The second kappa shape index (κ2) is 4.94. The van der Waals surface area contributed by atoms with E-state index < -0.39 is 5.82 Å². The van der Waals surface area contributed by atoms with Gasteiger partial charge in [0.05, 0.1) is 17.8 Å². The summed E-state index contributed by atoms with van der Waals surface area (Å²) in [5.74, 6) is 5.23. The van der Waals surface area contributed by atoms with Crippen molar-refractivity contribution in [2.45, 2.75) is 0 Å². The Labute approximate surface area is 103 Å². The third-order valence-electron chi connectivity index (χ3n) is 2.08. The first-order valence-electron chi connectivity index (χ1n) is 5.04. The lowest BCUT2D eigenvalue weighted by molar-refractivity contribution is -0.364. The summed E-state index contributed by atoms with van der Waals surface area (Å²) in [5.41, 5.74) is 6.57. The molecular weight excluding hydrogens is 231 g/mol. The Bertz CT molecular complexity index is 692. The fourth-order valence-corrected chi connectivity index (χ4v) is 1.34. The molecule has 1 aromatic carbocycles. The van der Waals surface area contributed by atoms with Crippen LogP contribution in [0.15, 0.2) is 30.5 Å². The van der Waals surface area contributed by atoms with Gasteiger partial charge in [0.1, 0.15) is 5.82 Å². The molecule has 1 aromatic heterocycles. The highest BCUT2D eigenvalue weighted by atomic mass is 19.1. The molecule has 86 valence electrons. The maximum absolute atomic E-state index is 13.1. The van der Waals surface area contributed by atoms with Gasteiger partial charge in [0.15, 0.2) is 5.69 Å². The predicted molar refractivity (Wildman–Crippen MR) is 62.3 cm³/mol. The van der Waals surface area contributed by atoms with Crippen molar-refractivity contribution in [3.63, 3.8) is 0 Å². The van der Waals surface area contributed by atoms with E-state index in [1.54, 1.807) is 12.3 Å². The number of nitrogen functional groups attached to an aromatic ring is 1. The van der Waals surface area contributed by atoms with Gasteiger partial charge < -0.3 is 0 Å². The van der Waals surface area contributed by atoms with E-state index in [0.29, 0.717) is 11.3 Å². The Kier molecular flexibility index (Phi) is 3.17. The minimum Gasteiger partial charge on any atom is -0.287 e. The van der Waals surface area contributed by atoms with Crippen LogP contribution in [0.4, 0.5) is 10.3 Å². The summed E-state index contributed by atoms with van der Waals surface area (Å²) in [6.07, 6.45) is 1.61. The number of aromatic amines is 1. The van der Waals surface area contributed by atoms with Crippen molar-refractivity contribution in [2.75, 3.05) is 5.73 Å². The van der Waals surface area contributed by atoms with Crippen LogP contribution in [0, 0.1) is 29.0 Å². The van der Waals surface area contributed by atoms with E-state index in [9.17, 15) is 4.39 Å². The highest BCUT2D eigenvalue weighted by Gasteiger charge is 2.00. The van der Waals surface area contributed by atoms with Crippen molar-refractivity contribution in [1.82, 2.24) is 4.98 Å². The van der Waals surface area contributed by atoms with E-state index in [4.69, 9.17) is 11.0 Å². The van der Waals surface area contributed by atoms with Gasteiger partial charge in [0, 0.05) is 11.6 Å². The summed E-state index contributed by atoms with van der Waals surface area (Å²) in [6, 6.07) is 7.43. The van der Waals surface area contributed by atoms with Gasteiger partial charge in [-0.25, -0.2) is 9.37 Å². The lowest BCUT2D eigenvalue weighted by Crippen LogP contribution is -2.11. The van der Waals surface area contributed by atoms with E-state index >= 15 is 0 Å². The molecule has 0 atom stereocenters. The molecule has 18 heavy (non-hydrogen) atoms. The number of H-pyrrole nitrogens is 1. The number of anilines is 1. The molecule has 2 aromatic rings. The number of nitrogens with zero attached hydrogens (tertiary/aromatic N) is 2. The molecular formula is C13H8FN4+. The van der Waals surface area contributed by atoms with Crippen molar-refractivity contribution in [3.05, 3.63) is 53.1 Å². The molecule has 0 saturated carbocycles. The highest BCUT2D eigenvalue weighted by Crippen LogP contribution is 2.07. The van der Waals surface area contributed by atoms with E-state index in [0.717, 1.165) is 6.07 Å². The average molecular weight is 239 g/mol. The van der Waals surface area contributed by atoms with Gasteiger partial charge in [-0.1, -0.05) is 10.9 Å². The number of rotatable bonds is 0. The fourth-order valence-electron chi connectivity index (χ4n) is 1.34. The molecule has 0 bridgehead atoms. The number of halogens is 1. The third-order valence-corrected chi connectivity index (χ3v) is 2.08. The zero-order valence-electron chi connectivity index (χ0n) is 9.24. The van der Waals surface area contributed by atoms with Crippen molar-refractivity contribution in [3.8, 4) is 17.9 Å². The minimum absolute atomic E-state index is 0.230. The summed E-state index contributed by atoms with van der Waals surface area (Å²) in [4.78, 5) is 6.64. The van der Waals surface area contributed by atoms with Gasteiger partial charge in [-0.2, -0.15) is 5.26 Å². The summed E-state index contributed by atoms with van der Waals surface area (Å²) in [5, 5.41) is 8.71. The SMILES string of the molecule is N#Cc1cc(F)cc(C#Cc2cc[nH+]c(N)n2)c1.